The Morgan fingerprint density at radius 2 is 2.23 bits per heavy atom. The summed E-state index contributed by atoms with van der Waals surface area (Å²) in [4.78, 5) is 10.9. The highest BCUT2D eigenvalue weighted by molar-refractivity contribution is 5.86. The second-order valence-electron chi connectivity index (χ2n) is 4.77. The van der Waals surface area contributed by atoms with Gasteiger partial charge in [-0.05, 0) is 19.1 Å². The van der Waals surface area contributed by atoms with Crippen molar-refractivity contribution < 1.29 is 24.1 Å². The zero-order valence-corrected chi connectivity index (χ0v) is 12.0. The number of hydrogen-bond acceptors (Lipinski definition) is 6. The number of benzene rings is 1. The number of carboxylic acids is 1. The minimum absolute atomic E-state index is 0.0170. The zero-order valence-electron chi connectivity index (χ0n) is 12.0. The van der Waals surface area contributed by atoms with Gasteiger partial charge in [-0.15, -0.1) is 5.10 Å². The van der Waals surface area contributed by atoms with Gasteiger partial charge in [0.2, 0.25) is 6.79 Å². The van der Waals surface area contributed by atoms with Gasteiger partial charge in [-0.25, -0.2) is 9.48 Å². The molecule has 1 aliphatic heterocycles. The number of aryl methyl sites for hydroxylation is 1. The number of ether oxygens (including phenoxy) is 3. The molecule has 0 spiro atoms. The molecule has 1 aliphatic rings. The summed E-state index contributed by atoms with van der Waals surface area (Å²) in [5.74, 6) is 1.02. The van der Waals surface area contributed by atoms with E-state index in [9.17, 15) is 4.79 Å². The molecule has 2 aromatic rings. The molecule has 0 atom stereocenters. The largest absolute Gasteiger partial charge is 0.493 e. The molecule has 1 aromatic carbocycles. The Hall–Kier alpha value is -2.77. The summed E-state index contributed by atoms with van der Waals surface area (Å²) in [6, 6.07) is 5.40. The topological polar surface area (TPSA) is 95.7 Å². The average molecular weight is 305 g/mol. The Bertz CT molecular complexity index is 698. The van der Waals surface area contributed by atoms with Crippen molar-refractivity contribution in [2.75, 3.05) is 13.4 Å². The molecule has 0 radical (unpaired) electrons. The molecular weight excluding hydrogens is 290 g/mol. The number of rotatable bonds is 6. The molecule has 22 heavy (non-hydrogen) atoms. The van der Waals surface area contributed by atoms with Crippen LogP contribution in [0.15, 0.2) is 18.2 Å². The van der Waals surface area contributed by atoms with Crippen LogP contribution < -0.4 is 14.2 Å². The number of aromatic carboxylic acids is 1. The molecule has 2 heterocycles. The molecule has 1 aromatic heterocycles. The van der Waals surface area contributed by atoms with Gasteiger partial charge in [0.15, 0.2) is 17.2 Å². The van der Waals surface area contributed by atoms with E-state index in [4.69, 9.17) is 19.3 Å². The van der Waals surface area contributed by atoms with Gasteiger partial charge in [0.25, 0.3) is 0 Å². The normalized spacial score (nSPS) is 12.4. The number of fused-ring (bicyclic) bond motifs is 1. The Morgan fingerprint density at radius 1 is 1.41 bits per heavy atom. The first-order valence-corrected chi connectivity index (χ1v) is 6.81. The molecule has 0 bridgehead atoms. The summed E-state index contributed by atoms with van der Waals surface area (Å²) < 4.78 is 17.7. The highest BCUT2D eigenvalue weighted by atomic mass is 16.7. The van der Waals surface area contributed by atoms with Crippen LogP contribution in [0, 0.1) is 6.92 Å². The van der Waals surface area contributed by atoms with E-state index >= 15 is 0 Å². The van der Waals surface area contributed by atoms with Crippen molar-refractivity contribution in [2.24, 2.45) is 0 Å². The monoisotopic (exact) mass is 305 g/mol. The first kappa shape index (κ1) is 14.2. The predicted octanol–water partition coefficient (Wildman–Crippen LogP) is 1.48. The first-order chi connectivity index (χ1) is 10.6. The molecule has 0 amide bonds. The summed E-state index contributed by atoms with van der Waals surface area (Å²) in [5.41, 5.74) is 0.521. The van der Waals surface area contributed by atoms with E-state index in [1.165, 1.54) is 0 Å². The third-order valence-electron chi connectivity index (χ3n) is 3.31. The molecule has 3 rings (SSSR count). The SMILES string of the molecule is Cc1c(C(=O)O)nnn1CCCOc1ccc2c(c1)OCO2. The fourth-order valence-electron chi connectivity index (χ4n) is 2.14. The quantitative estimate of drug-likeness (QED) is 0.807. The standard InChI is InChI=1S/C14H15N3O5/c1-9-13(14(18)19)15-16-17(9)5-2-6-20-10-3-4-11-12(7-10)22-8-21-11/h3-4,7H,2,5-6,8H2,1H3,(H,18,19). The summed E-state index contributed by atoms with van der Waals surface area (Å²) in [5, 5.41) is 16.4. The molecule has 0 saturated carbocycles. The molecule has 1 N–H and O–H groups in total. The maximum atomic E-state index is 10.9. The lowest BCUT2D eigenvalue weighted by molar-refractivity contribution is 0.0689. The second-order valence-corrected chi connectivity index (χ2v) is 4.77. The van der Waals surface area contributed by atoms with Gasteiger partial charge < -0.3 is 19.3 Å². The molecule has 116 valence electrons. The fourth-order valence-corrected chi connectivity index (χ4v) is 2.14. The van der Waals surface area contributed by atoms with Crippen molar-refractivity contribution in [1.82, 2.24) is 15.0 Å². The van der Waals surface area contributed by atoms with Gasteiger partial charge >= 0.3 is 5.97 Å². The molecule has 0 aliphatic carbocycles. The summed E-state index contributed by atoms with van der Waals surface area (Å²) >= 11 is 0. The minimum atomic E-state index is -1.07. The highest BCUT2D eigenvalue weighted by Gasteiger charge is 2.15. The molecule has 8 heteroatoms. The smallest absolute Gasteiger partial charge is 0.358 e. The summed E-state index contributed by atoms with van der Waals surface area (Å²) in [6.07, 6.45) is 0.678. The number of carboxylic acid groups (broad SMARTS) is 1. The lowest BCUT2D eigenvalue weighted by atomic mass is 10.3. The van der Waals surface area contributed by atoms with Crippen LogP contribution in [0.4, 0.5) is 0 Å². The van der Waals surface area contributed by atoms with E-state index in [0.717, 1.165) is 0 Å². The lowest BCUT2D eigenvalue weighted by Gasteiger charge is -2.07. The molecule has 0 fully saturated rings. The average Bonchev–Trinajstić information content (AvgIpc) is 3.10. The Morgan fingerprint density at radius 3 is 3.00 bits per heavy atom. The van der Waals surface area contributed by atoms with Gasteiger partial charge in [0.1, 0.15) is 5.75 Å². The van der Waals surface area contributed by atoms with E-state index < -0.39 is 5.97 Å². The lowest BCUT2D eigenvalue weighted by Crippen LogP contribution is -2.08. The van der Waals surface area contributed by atoms with Crippen molar-refractivity contribution in [2.45, 2.75) is 19.9 Å². The molecule has 8 nitrogen and oxygen atoms in total. The maximum Gasteiger partial charge on any atom is 0.358 e. The van der Waals surface area contributed by atoms with Gasteiger partial charge in [-0.1, -0.05) is 5.21 Å². The Labute approximate surface area is 126 Å². The van der Waals surface area contributed by atoms with Gasteiger partial charge in [0, 0.05) is 19.0 Å². The van der Waals surface area contributed by atoms with Crippen molar-refractivity contribution >= 4 is 5.97 Å². The minimum Gasteiger partial charge on any atom is -0.493 e. The fraction of sp³-hybridized carbons (Fsp3) is 0.357. The summed E-state index contributed by atoms with van der Waals surface area (Å²) in [6.45, 7) is 2.93. The second kappa shape index (κ2) is 5.92. The van der Waals surface area contributed by atoms with Crippen LogP contribution in [-0.4, -0.2) is 39.5 Å². The Kier molecular flexibility index (Phi) is 3.82. The number of carbonyl (C=O) groups is 1. The number of nitrogens with zero attached hydrogens (tertiary/aromatic N) is 3. The molecule has 0 unspecified atom stereocenters. The number of aromatic nitrogens is 3. The third kappa shape index (κ3) is 2.80. The maximum absolute atomic E-state index is 10.9. The predicted molar refractivity (Wildman–Crippen MR) is 74.4 cm³/mol. The molecule has 0 saturated heterocycles. The van der Waals surface area contributed by atoms with E-state index in [1.807, 2.05) is 6.07 Å². The first-order valence-electron chi connectivity index (χ1n) is 6.81. The van der Waals surface area contributed by atoms with E-state index in [-0.39, 0.29) is 12.5 Å². The van der Waals surface area contributed by atoms with Gasteiger partial charge in [0.05, 0.1) is 12.3 Å². The Balaban J connectivity index is 1.50. The zero-order chi connectivity index (χ0) is 15.5. The van der Waals surface area contributed by atoms with Crippen molar-refractivity contribution in [3.05, 3.63) is 29.6 Å². The van der Waals surface area contributed by atoms with Crippen LogP contribution in [0.5, 0.6) is 17.2 Å². The highest BCUT2D eigenvalue weighted by Crippen LogP contribution is 2.35. The van der Waals surface area contributed by atoms with Crippen molar-refractivity contribution in [3.8, 4) is 17.2 Å². The van der Waals surface area contributed by atoms with Gasteiger partial charge in [-0.3, -0.25) is 0 Å². The van der Waals surface area contributed by atoms with Crippen LogP contribution in [0.1, 0.15) is 22.6 Å². The van der Waals surface area contributed by atoms with Crippen LogP contribution >= 0.6 is 0 Å². The van der Waals surface area contributed by atoms with Crippen LogP contribution in [0.25, 0.3) is 0 Å². The van der Waals surface area contributed by atoms with Crippen LogP contribution in [-0.2, 0) is 6.54 Å². The number of hydrogen-bond donors (Lipinski definition) is 1. The summed E-state index contributed by atoms with van der Waals surface area (Å²) in [7, 11) is 0. The molecular formula is C14H15N3O5. The van der Waals surface area contributed by atoms with Crippen LogP contribution in [0.2, 0.25) is 0 Å². The van der Waals surface area contributed by atoms with E-state index in [2.05, 4.69) is 10.3 Å². The van der Waals surface area contributed by atoms with Crippen LogP contribution in [0.3, 0.4) is 0 Å². The van der Waals surface area contributed by atoms with Crippen molar-refractivity contribution in [3.63, 3.8) is 0 Å². The van der Waals surface area contributed by atoms with Gasteiger partial charge in [-0.2, -0.15) is 0 Å². The third-order valence-corrected chi connectivity index (χ3v) is 3.31. The van der Waals surface area contributed by atoms with Crippen molar-refractivity contribution in [1.29, 1.82) is 0 Å². The van der Waals surface area contributed by atoms with E-state index in [1.54, 1.807) is 23.7 Å². The van der Waals surface area contributed by atoms with E-state index in [0.29, 0.717) is 42.5 Å².